The van der Waals surface area contributed by atoms with E-state index in [0.717, 1.165) is 43.5 Å². The second kappa shape index (κ2) is 8.44. The van der Waals surface area contributed by atoms with E-state index in [4.69, 9.17) is 5.73 Å². The Bertz CT molecular complexity index is 661. The molecule has 0 atom stereocenters. The van der Waals surface area contributed by atoms with Crippen molar-refractivity contribution in [3.05, 3.63) is 41.5 Å². The number of hydrogen-bond donors (Lipinski definition) is 2. The number of halogens is 3. The number of nitrogens with two attached hydrogens (primary N) is 1. The van der Waals surface area contributed by atoms with Gasteiger partial charge in [-0.3, -0.25) is 0 Å². The lowest BCUT2D eigenvalue weighted by Crippen LogP contribution is -2.44. The molecule has 8 heteroatoms. The minimum absolute atomic E-state index is 0.0839. The quantitative estimate of drug-likeness (QED) is 0.476. The maximum atomic E-state index is 13.1. The smallest absolute Gasteiger partial charge is 0.370 e. The lowest BCUT2D eigenvalue weighted by Gasteiger charge is -2.35. The van der Waals surface area contributed by atoms with Gasteiger partial charge < -0.3 is 20.9 Å². The first-order chi connectivity index (χ1) is 12.2. The number of rotatable bonds is 5. The Morgan fingerprint density at radius 1 is 1.27 bits per heavy atom. The summed E-state index contributed by atoms with van der Waals surface area (Å²) in [5.41, 5.74) is 7.31. The molecule has 1 aliphatic rings. The van der Waals surface area contributed by atoms with Gasteiger partial charge in [-0.15, -0.1) is 0 Å². The van der Waals surface area contributed by atoms with Crippen LogP contribution in [-0.4, -0.2) is 50.6 Å². The van der Waals surface area contributed by atoms with E-state index < -0.39 is 11.7 Å². The molecule has 0 amide bonds. The van der Waals surface area contributed by atoms with Gasteiger partial charge in [0.05, 0.1) is 12.1 Å². The van der Waals surface area contributed by atoms with Crippen LogP contribution in [0.2, 0.25) is 0 Å². The molecular weight excluding hydrogens is 343 g/mol. The van der Waals surface area contributed by atoms with E-state index in [9.17, 15) is 13.2 Å². The van der Waals surface area contributed by atoms with Gasteiger partial charge in [-0.2, -0.15) is 13.2 Å². The Morgan fingerprint density at radius 2 is 1.92 bits per heavy atom. The molecule has 0 aromatic heterocycles. The fraction of sp³-hybridized carbons (Fsp3) is 0.500. The van der Waals surface area contributed by atoms with Crippen LogP contribution in [0.4, 0.5) is 18.9 Å². The van der Waals surface area contributed by atoms with E-state index in [-0.39, 0.29) is 12.5 Å². The number of nitrogens with zero attached hydrogens (tertiary/aromatic N) is 3. The number of aliphatic imine (C=N–C) groups is 1. The minimum atomic E-state index is -4.39. The minimum Gasteiger partial charge on any atom is -0.370 e. The highest BCUT2D eigenvalue weighted by atomic mass is 19.4. The number of hydrogen-bond acceptors (Lipinski definition) is 3. The van der Waals surface area contributed by atoms with Gasteiger partial charge in [0.1, 0.15) is 0 Å². The van der Waals surface area contributed by atoms with Crippen LogP contribution in [0.25, 0.3) is 0 Å². The first kappa shape index (κ1) is 20.1. The second-order valence-electron chi connectivity index (χ2n) is 6.64. The summed E-state index contributed by atoms with van der Waals surface area (Å²) in [6.45, 7) is 9.43. The number of piperazine rings is 1. The number of guanidine groups is 1. The SMILES string of the molecule is C=C(C)CNC(N)=NCc1cc(C(F)(F)F)ccc1N1CCN(C)CC1. The third-order valence-corrected chi connectivity index (χ3v) is 4.24. The Morgan fingerprint density at radius 3 is 2.50 bits per heavy atom. The molecular formula is C18H26F3N5. The predicted octanol–water partition coefficient (Wildman–Crippen LogP) is 2.44. The van der Waals surface area contributed by atoms with Gasteiger partial charge in [0.2, 0.25) is 0 Å². The Kier molecular flexibility index (Phi) is 6.52. The topological polar surface area (TPSA) is 56.9 Å². The summed E-state index contributed by atoms with van der Waals surface area (Å²) in [5.74, 6) is 0.190. The molecule has 144 valence electrons. The normalized spacial score (nSPS) is 16.7. The Hall–Kier alpha value is -2.22. The maximum absolute atomic E-state index is 13.1. The number of alkyl halides is 3. The fourth-order valence-electron chi connectivity index (χ4n) is 2.71. The number of benzene rings is 1. The first-order valence-corrected chi connectivity index (χ1v) is 8.48. The third-order valence-electron chi connectivity index (χ3n) is 4.24. The molecule has 26 heavy (non-hydrogen) atoms. The molecule has 0 unspecified atom stereocenters. The summed E-state index contributed by atoms with van der Waals surface area (Å²) in [5, 5.41) is 2.89. The van der Waals surface area contributed by atoms with E-state index in [2.05, 4.69) is 26.7 Å². The van der Waals surface area contributed by atoms with Gasteiger partial charge >= 0.3 is 6.18 Å². The molecule has 1 saturated heterocycles. The van der Waals surface area contributed by atoms with Gasteiger partial charge in [0.15, 0.2) is 5.96 Å². The summed E-state index contributed by atoms with van der Waals surface area (Å²) >= 11 is 0. The van der Waals surface area contributed by atoms with E-state index in [1.807, 2.05) is 14.0 Å². The zero-order chi connectivity index (χ0) is 19.3. The molecule has 3 N–H and O–H groups in total. The molecule has 1 heterocycles. The maximum Gasteiger partial charge on any atom is 0.416 e. The molecule has 0 aliphatic carbocycles. The number of nitrogens with one attached hydrogen (secondary N) is 1. The number of likely N-dealkylation sites (N-methyl/N-ethyl adjacent to an activating group) is 1. The van der Waals surface area contributed by atoms with Crippen molar-refractivity contribution in [2.45, 2.75) is 19.6 Å². The lowest BCUT2D eigenvalue weighted by atomic mass is 10.1. The van der Waals surface area contributed by atoms with Crippen molar-refractivity contribution in [3.8, 4) is 0 Å². The summed E-state index contributed by atoms with van der Waals surface area (Å²) < 4.78 is 39.3. The molecule has 0 saturated carbocycles. The molecule has 0 bridgehead atoms. The molecule has 1 aromatic carbocycles. The van der Waals surface area contributed by atoms with Crippen molar-refractivity contribution in [2.75, 3.05) is 44.7 Å². The predicted molar refractivity (Wildman–Crippen MR) is 99.3 cm³/mol. The molecule has 5 nitrogen and oxygen atoms in total. The third kappa shape index (κ3) is 5.66. The Labute approximate surface area is 152 Å². The molecule has 1 fully saturated rings. The summed E-state index contributed by atoms with van der Waals surface area (Å²) in [6.07, 6.45) is -4.39. The molecule has 0 radical (unpaired) electrons. The number of anilines is 1. The zero-order valence-corrected chi connectivity index (χ0v) is 15.2. The van der Waals surface area contributed by atoms with E-state index >= 15 is 0 Å². The van der Waals surface area contributed by atoms with Crippen LogP contribution in [0, 0.1) is 0 Å². The van der Waals surface area contributed by atoms with Crippen molar-refractivity contribution < 1.29 is 13.2 Å². The highest BCUT2D eigenvalue weighted by Gasteiger charge is 2.31. The average molecular weight is 369 g/mol. The van der Waals surface area contributed by atoms with Crippen LogP contribution < -0.4 is 16.0 Å². The van der Waals surface area contributed by atoms with E-state index in [1.165, 1.54) is 12.1 Å². The van der Waals surface area contributed by atoms with Crippen molar-refractivity contribution in [1.29, 1.82) is 0 Å². The van der Waals surface area contributed by atoms with Gasteiger partial charge in [0.25, 0.3) is 0 Å². The van der Waals surface area contributed by atoms with E-state index in [1.54, 1.807) is 0 Å². The van der Waals surface area contributed by atoms with Crippen LogP contribution >= 0.6 is 0 Å². The lowest BCUT2D eigenvalue weighted by molar-refractivity contribution is -0.137. The average Bonchev–Trinajstić information content (AvgIpc) is 2.58. The van der Waals surface area contributed by atoms with Crippen molar-refractivity contribution >= 4 is 11.6 Å². The van der Waals surface area contributed by atoms with Gasteiger partial charge in [-0.05, 0) is 37.7 Å². The van der Waals surface area contributed by atoms with Gasteiger partial charge in [0, 0.05) is 38.4 Å². The molecule has 2 rings (SSSR count). The summed E-state index contributed by atoms with van der Waals surface area (Å²) in [6, 6.07) is 3.84. The van der Waals surface area contributed by atoms with Crippen LogP contribution in [0.15, 0.2) is 35.3 Å². The van der Waals surface area contributed by atoms with Crippen LogP contribution in [0.1, 0.15) is 18.1 Å². The monoisotopic (exact) mass is 369 g/mol. The Balaban J connectivity index is 2.24. The standard InChI is InChI=1S/C18H26F3N5/c1-13(2)11-23-17(22)24-12-14-10-15(18(19,20)21)4-5-16(14)26-8-6-25(3)7-9-26/h4-5,10H,1,6-9,11-12H2,2-3H3,(H3,22,23,24). The van der Waals surface area contributed by atoms with Crippen LogP contribution in [-0.2, 0) is 12.7 Å². The van der Waals surface area contributed by atoms with Crippen molar-refractivity contribution in [2.24, 2.45) is 10.7 Å². The summed E-state index contributed by atoms with van der Waals surface area (Å²) in [4.78, 5) is 8.49. The highest BCUT2D eigenvalue weighted by Crippen LogP contribution is 2.33. The summed E-state index contributed by atoms with van der Waals surface area (Å²) in [7, 11) is 2.03. The van der Waals surface area contributed by atoms with Gasteiger partial charge in [-0.25, -0.2) is 4.99 Å². The van der Waals surface area contributed by atoms with Crippen LogP contribution in [0.5, 0.6) is 0 Å². The van der Waals surface area contributed by atoms with Crippen molar-refractivity contribution in [1.82, 2.24) is 10.2 Å². The van der Waals surface area contributed by atoms with Crippen LogP contribution in [0.3, 0.4) is 0 Å². The molecule has 0 spiro atoms. The second-order valence-corrected chi connectivity index (χ2v) is 6.64. The van der Waals surface area contributed by atoms with Gasteiger partial charge in [-0.1, -0.05) is 12.2 Å². The molecule has 1 aromatic rings. The fourth-order valence-corrected chi connectivity index (χ4v) is 2.71. The van der Waals surface area contributed by atoms with Crippen molar-refractivity contribution in [3.63, 3.8) is 0 Å². The first-order valence-electron chi connectivity index (χ1n) is 8.48. The van der Waals surface area contributed by atoms with E-state index in [0.29, 0.717) is 12.1 Å². The zero-order valence-electron chi connectivity index (χ0n) is 15.2. The molecule has 1 aliphatic heterocycles. The highest BCUT2D eigenvalue weighted by molar-refractivity contribution is 5.78. The largest absolute Gasteiger partial charge is 0.416 e.